The van der Waals surface area contributed by atoms with E-state index in [1.54, 1.807) is 6.92 Å². The smallest absolute Gasteiger partial charge is 0.246 e. The second-order valence-electron chi connectivity index (χ2n) is 5.05. The van der Waals surface area contributed by atoms with Gasteiger partial charge < -0.3 is 5.32 Å². The van der Waals surface area contributed by atoms with Crippen molar-refractivity contribution in [2.45, 2.75) is 50.7 Å². The summed E-state index contributed by atoms with van der Waals surface area (Å²) in [6.07, 6.45) is 2.88. The van der Waals surface area contributed by atoms with Crippen molar-refractivity contribution in [1.82, 2.24) is 15.5 Å². The summed E-state index contributed by atoms with van der Waals surface area (Å²) in [6.45, 7) is 1.74. The molecule has 2 unspecified atom stereocenters. The number of hydrogen-bond donors (Lipinski definition) is 2. The maximum absolute atomic E-state index is 11.8. The van der Waals surface area contributed by atoms with E-state index in [-0.39, 0.29) is 17.7 Å². The molecule has 1 saturated heterocycles. The summed E-state index contributed by atoms with van der Waals surface area (Å²) in [4.78, 5) is 36.0. The van der Waals surface area contributed by atoms with Crippen LogP contribution in [0.15, 0.2) is 0 Å². The maximum atomic E-state index is 11.8. The van der Waals surface area contributed by atoms with Crippen molar-refractivity contribution in [2.24, 2.45) is 0 Å². The summed E-state index contributed by atoms with van der Waals surface area (Å²) in [6, 6.07) is -0.540. The van der Waals surface area contributed by atoms with Gasteiger partial charge in [-0.3, -0.25) is 24.6 Å². The molecule has 1 heterocycles. The number of carbonyl (C=O) groups excluding carboxylic acids is 3. The molecule has 0 aromatic rings. The van der Waals surface area contributed by atoms with Gasteiger partial charge in [-0.15, -0.1) is 0 Å². The fourth-order valence-electron chi connectivity index (χ4n) is 2.00. The molecule has 2 fully saturated rings. The Morgan fingerprint density at radius 3 is 2.61 bits per heavy atom. The minimum atomic E-state index is -0.437. The first-order chi connectivity index (χ1) is 8.49. The molecule has 3 amide bonds. The topological polar surface area (TPSA) is 78.5 Å². The van der Waals surface area contributed by atoms with Crippen LogP contribution in [0.3, 0.4) is 0 Å². The molecule has 0 aromatic heterocycles. The van der Waals surface area contributed by atoms with Crippen LogP contribution in [0.5, 0.6) is 0 Å². The summed E-state index contributed by atoms with van der Waals surface area (Å²) in [5, 5.41) is 5.88. The van der Waals surface area contributed by atoms with Gasteiger partial charge >= 0.3 is 0 Å². The van der Waals surface area contributed by atoms with Gasteiger partial charge in [0.05, 0.1) is 12.1 Å². The van der Waals surface area contributed by atoms with Crippen LogP contribution in [-0.4, -0.2) is 47.8 Å². The van der Waals surface area contributed by atoms with Gasteiger partial charge in [-0.05, 0) is 26.2 Å². The summed E-state index contributed by atoms with van der Waals surface area (Å²) >= 11 is 0. The monoisotopic (exact) mass is 253 g/mol. The van der Waals surface area contributed by atoms with Gasteiger partial charge in [0, 0.05) is 19.5 Å². The molecule has 0 bridgehead atoms. The van der Waals surface area contributed by atoms with Crippen LogP contribution in [0.1, 0.15) is 32.6 Å². The highest BCUT2D eigenvalue weighted by Crippen LogP contribution is 2.18. The average molecular weight is 253 g/mol. The molecule has 2 aliphatic rings. The predicted octanol–water partition coefficient (Wildman–Crippen LogP) is -0.609. The maximum Gasteiger partial charge on any atom is 0.246 e. The lowest BCUT2D eigenvalue weighted by Gasteiger charge is -2.30. The Balaban J connectivity index is 1.86. The van der Waals surface area contributed by atoms with Gasteiger partial charge in [0.15, 0.2) is 0 Å². The third-order valence-electron chi connectivity index (χ3n) is 3.42. The van der Waals surface area contributed by atoms with Crippen LogP contribution < -0.4 is 10.6 Å². The highest BCUT2D eigenvalue weighted by Gasteiger charge is 2.34. The number of nitrogens with one attached hydrogen (secondary N) is 2. The third-order valence-corrected chi connectivity index (χ3v) is 3.42. The Morgan fingerprint density at radius 1 is 1.33 bits per heavy atom. The molecule has 2 rings (SSSR count). The van der Waals surface area contributed by atoms with E-state index < -0.39 is 12.1 Å². The van der Waals surface area contributed by atoms with E-state index in [1.807, 2.05) is 0 Å². The third kappa shape index (κ3) is 2.87. The first-order valence-electron chi connectivity index (χ1n) is 6.36. The van der Waals surface area contributed by atoms with Gasteiger partial charge in [-0.1, -0.05) is 0 Å². The number of likely N-dealkylation sites (N-methyl/N-ethyl adjacent to an activating group) is 1. The van der Waals surface area contributed by atoms with E-state index in [0.717, 1.165) is 17.7 Å². The van der Waals surface area contributed by atoms with Gasteiger partial charge in [0.25, 0.3) is 0 Å². The van der Waals surface area contributed by atoms with E-state index in [1.165, 1.54) is 7.05 Å². The summed E-state index contributed by atoms with van der Waals surface area (Å²) < 4.78 is 0. The largest absolute Gasteiger partial charge is 0.352 e. The normalized spacial score (nSPS) is 26.1. The number of carbonyl (C=O) groups is 3. The summed E-state index contributed by atoms with van der Waals surface area (Å²) in [7, 11) is 1.48. The van der Waals surface area contributed by atoms with Gasteiger partial charge in [-0.25, -0.2) is 0 Å². The van der Waals surface area contributed by atoms with E-state index in [2.05, 4.69) is 10.6 Å². The molecule has 0 radical (unpaired) electrons. The Bertz CT molecular complexity index is 379. The van der Waals surface area contributed by atoms with Crippen LogP contribution in [0.2, 0.25) is 0 Å². The molecule has 2 N–H and O–H groups in total. The van der Waals surface area contributed by atoms with Crippen molar-refractivity contribution in [3.8, 4) is 0 Å². The fraction of sp³-hybridized carbons (Fsp3) is 0.750. The van der Waals surface area contributed by atoms with Gasteiger partial charge in [0.1, 0.15) is 0 Å². The number of rotatable bonds is 4. The SMILES string of the molecule is CC(NC1CCC(=O)N(C)C1=O)C(=O)NC1CC1. The van der Waals surface area contributed by atoms with E-state index in [0.29, 0.717) is 18.9 Å². The molecule has 1 saturated carbocycles. The van der Waals surface area contributed by atoms with Crippen LogP contribution >= 0.6 is 0 Å². The van der Waals surface area contributed by atoms with Crippen molar-refractivity contribution < 1.29 is 14.4 Å². The zero-order valence-corrected chi connectivity index (χ0v) is 10.7. The molecule has 100 valence electrons. The minimum Gasteiger partial charge on any atom is -0.352 e. The molecular formula is C12H19N3O3. The van der Waals surface area contributed by atoms with Gasteiger partial charge in [0.2, 0.25) is 17.7 Å². The number of piperidine rings is 1. The molecule has 0 spiro atoms. The molecule has 1 aliphatic heterocycles. The number of imide groups is 1. The first kappa shape index (κ1) is 13.0. The quantitative estimate of drug-likeness (QED) is 0.655. The number of hydrogen-bond acceptors (Lipinski definition) is 4. The van der Waals surface area contributed by atoms with Crippen molar-refractivity contribution in [1.29, 1.82) is 0 Å². The highest BCUT2D eigenvalue weighted by atomic mass is 16.2. The standard InChI is InChI=1S/C12H19N3O3/c1-7(11(17)14-8-3-4-8)13-9-5-6-10(16)15(2)12(9)18/h7-9,13H,3-6H2,1-2H3,(H,14,17). The van der Waals surface area contributed by atoms with Crippen LogP contribution in [0.4, 0.5) is 0 Å². The van der Waals surface area contributed by atoms with Crippen LogP contribution in [-0.2, 0) is 14.4 Å². The Hall–Kier alpha value is -1.43. The van der Waals surface area contributed by atoms with Crippen molar-refractivity contribution >= 4 is 17.7 Å². The fourth-order valence-corrected chi connectivity index (χ4v) is 2.00. The van der Waals surface area contributed by atoms with Gasteiger partial charge in [-0.2, -0.15) is 0 Å². The minimum absolute atomic E-state index is 0.0788. The zero-order chi connectivity index (χ0) is 13.3. The molecule has 2 atom stereocenters. The van der Waals surface area contributed by atoms with E-state index in [9.17, 15) is 14.4 Å². The van der Waals surface area contributed by atoms with Crippen LogP contribution in [0.25, 0.3) is 0 Å². The van der Waals surface area contributed by atoms with Crippen molar-refractivity contribution in [3.05, 3.63) is 0 Å². The molecule has 6 nitrogen and oxygen atoms in total. The zero-order valence-electron chi connectivity index (χ0n) is 10.7. The number of likely N-dealkylation sites (tertiary alicyclic amines) is 1. The Labute approximate surface area is 106 Å². The lowest BCUT2D eigenvalue weighted by molar-refractivity contribution is -0.148. The van der Waals surface area contributed by atoms with E-state index in [4.69, 9.17) is 0 Å². The van der Waals surface area contributed by atoms with Crippen molar-refractivity contribution in [2.75, 3.05) is 7.05 Å². The Morgan fingerprint density at radius 2 is 2.00 bits per heavy atom. The number of amides is 3. The predicted molar refractivity (Wildman–Crippen MR) is 64.6 cm³/mol. The second-order valence-corrected chi connectivity index (χ2v) is 5.05. The molecule has 6 heteroatoms. The second kappa shape index (κ2) is 5.06. The summed E-state index contributed by atoms with van der Waals surface area (Å²) in [5.74, 6) is -0.490. The molecular weight excluding hydrogens is 234 g/mol. The Kier molecular flexibility index (Phi) is 3.65. The molecule has 18 heavy (non-hydrogen) atoms. The first-order valence-corrected chi connectivity index (χ1v) is 6.36. The molecule has 0 aromatic carbocycles. The summed E-state index contributed by atoms with van der Waals surface area (Å²) in [5.41, 5.74) is 0. The highest BCUT2D eigenvalue weighted by molar-refractivity contribution is 6.00. The molecule has 1 aliphatic carbocycles. The lowest BCUT2D eigenvalue weighted by atomic mass is 10.0. The van der Waals surface area contributed by atoms with Crippen molar-refractivity contribution in [3.63, 3.8) is 0 Å². The van der Waals surface area contributed by atoms with Crippen LogP contribution in [0, 0.1) is 0 Å². The van der Waals surface area contributed by atoms with E-state index >= 15 is 0 Å². The lowest BCUT2D eigenvalue weighted by Crippen LogP contribution is -2.56. The average Bonchev–Trinajstić information content (AvgIpc) is 3.13. The number of nitrogens with zero attached hydrogens (tertiary/aromatic N) is 1.